The smallest absolute Gasteiger partial charge is 0.123 e. The second kappa shape index (κ2) is 5.51. The van der Waals surface area contributed by atoms with Gasteiger partial charge in [0.25, 0.3) is 0 Å². The van der Waals surface area contributed by atoms with E-state index in [0.717, 1.165) is 22.0 Å². The van der Waals surface area contributed by atoms with Gasteiger partial charge in [0, 0.05) is 5.56 Å². The van der Waals surface area contributed by atoms with Crippen LogP contribution >= 0.6 is 11.8 Å². The van der Waals surface area contributed by atoms with Gasteiger partial charge < -0.3 is 0 Å². The Balaban J connectivity index is 2.15. The van der Waals surface area contributed by atoms with E-state index in [-0.39, 0.29) is 5.82 Å². The molecular weight excluding hydrogens is 271 g/mol. The monoisotopic (exact) mass is 284 g/mol. The molecule has 3 aromatic rings. The van der Waals surface area contributed by atoms with Crippen LogP contribution in [0.3, 0.4) is 0 Å². The molecule has 0 unspecified atom stereocenters. The standard InChI is InChI=1S/C16H13FN2S/c1-20-16-11-15(12-5-3-2-4-6-12)19(18-16)14-9-7-13(17)8-10-14/h2-11H,1H3. The largest absolute Gasteiger partial charge is 0.232 e. The number of thioether (sulfide) groups is 1. The number of rotatable bonds is 3. The average molecular weight is 284 g/mol. The number of benzene rings is 2. The summed E-state index contributed by atoms with van der Waals surface area (Å²) in [4.78, 5) is 0. The highest BCUT2D eigenvalue weighted by Gasteiger charge is 2.11. The van der Waals surface area contributed by atoms with Crippen molar-refractivity contribution >= 4 is 11.8 Å². The molecule has 0 aliphatic heterocycles. The van der Waals surface area contributed by atoms with Crippen LogP contribution < -0.4 is 0 Å². The zero-order valence-corrected chi connectivity index (χ0v) is 11.8. The van der Waals surface area contributed by atoms with Crippen molar-refractivity contribution in [2.24, 2.45) is 0 Å². The van der Waals surface area contributed by atoms with Gasteiger partial charge in [-0.1, -0.05) is 30.3 Å². The summed E-state index contributed by atoms with van der Waals surface area (Å²) in [6, 6.07) is 18.5. The lowest BCUT2D eigenvalue weighted by Gasteiger charge is -2.07. The first kappa shape index (κ1) is 12.9. The molecule has 0 amide bonds. The van der Waals surface area contributed by atoms with Crippen molar-refractivity contribution in [3.8, 4) is 16.9 Å². The summed E-state index contributed by atoms with van der Waals surface area (Å²) in [5.41, 5.74) is 2.94. The minimum absolute atomic E-state index is 0.243. The topological polar surface area (TPSA) is 17.8 Å². The van der Waals surface area contributed by atoms with Crippen LogP contribution in [0.25, 0.3) is 16.9 Å². The summed E-state index contributed by atoms with van der Waals surface area (Å²) in [5, 5.41) is 5.50. The van der Waals surface area contributed by atoms with Crippen molar-refractivity contribution in [2.75, 3.05) is 6.26 Å². The van der Waals surface area contributed by atoms with E-state index in [1.54, 1.807) is 23.9 Å². The zero-order chi connectivity index (χ0) is 13.9. The molecule has 2 aromatic carbocycles. The van der Waals surface area contributed by atoms with E-state index in [0.29, 0.717) is 0 Å². The maximum atomic E-state index is 13.1. The number of halogens is 1. The molecule has 20 heavy (non-hydrogen) atoms. The van der Waals surface area contributed by atoms with Crippen LogP contribution in [-0.4, -0.2) is 16.0 Å². The fourth-order valence-corrected chi connectivity index (χ4v) is 2.45. The molecule has 0 N–H and O–H groups in total. The molecule has 100 valence electrons. The van der Waals surface area contributed by atoms with Gasteiger partial charge in [0.1, 0.15) is 10.8 Å². The molecule has 0 spiro atoms. The van der Waals surface area contributed by atoms with Gasteiger partial charge in [-0.25, -0.2) is 9.07 Å². The molecule has 4 heteroatoms. The van der Waals surface area contributed by atoms with E-state index in [4.69, 9.17) is 0 Å². The van der Waals surface area contributed by atoms with Crippen LogP contribution in [0.5, 0.6) is 0 Å². The van der Waals surface area contributed by atoms with E-state index in [1.165, 1.54) is 12.1 Å². The summed E-state index contributed by atoms with van der Waals surface area (Å²) in [7, 11) is 0. The molecule has 0 aliphatic carbocycles. The number of hydrogen-bond acceptors (Lipinski definition) is 2. The Morgan fingerprint density at radius 2 is 1.70 bits per heavy atom. The van der Waals surface area contributed by atoms with E-state index in [2.05, 4.69) is 5.10 Å². The van der Waals surface area contributed by atoms with E-state index < -0.39 is 0 Å². The van der Waals surface area contributed by atoms with Crippen LogP contribution in [0.1, 0.15) is 0 Å². The number of aromatic nitrogens is 2. The molecule has 0 atom stereocenters. The summed E-state index contributed by atoms with van der Waals surface area (Å²) < 4.78 is 14.9. The lowest BCUT2D eigenvalue weighted by molar-refractivity contribution is 0.627. The summed E-state index contributed by atoms with van der Waals surface area (Å²) in [5.74, 6) is -0.243. The second-order valence-electron chi connectivity index (χ2n) is 4.33. The summed E-state index contributed by atoms with van der Waals surface area (Å²) >= 11 is 1.59. The van der Waals surface area contributed by atoms with Gasteiger partial charge in [0.2, 0.25) is 0 Å². The van der Waals surface area contributed by atoms with Gasteiger partial charge in [-0.2, -0.15) is 5.10 Å². The third kappa shape index (κ3) is 2.47. The highest BCUT2D eigenvalue weighted by atomic mass is 32.2. The summed E-state index contributed by atoms with van der Waals surface area (Å²) in [6.45, 7) is 0. The molecule has 0 saturated carbocycles. The van der Waals surface area contributed by atoms with Crippen LogP contribution in [0.4, 0.5) is 4.39 Å². The van der Waals surface area contributed by atoms with Gasteiger partial charge in [0.05, 0.1) is 11.4 Å². The third-order valence-electron chi connectivity index (χ3n) is 3.04. The van der Waals surface area contributed by atoms with Crippen molar-refractivity contribution in [1.29, 1.82) is 0 Å². The Labute approximate surface area is 121 Å². The first-order valence-electron chi connectivity index (χ1n) is 6.23. The van der Waals surface area contributed by atoms with Crippen LogP contribution in [0.15, 0.2) is 65.7 Å². The third-order valence-corrected chi connectivity index (χ3v) is 3.65. The molecule has 0 radical (unpaired) electrons. The molecule has 3 rings (SSSR count). The van der Waals surface area contributed by atoms with Crippen LogP contribution in [0.2, 0.25) is 0 Å². The Morgan fingerprint density at radius 3 is 2.35 bits per heavy atom. The lowest BCUT2D eigenvalue weighted by atomic mass is 10.1. The molecule has 0 fully saturated rings. The SMILES string of the molecule is CSc1cc(-c2ccccc2)n(-c2ccc(F)cc2)n1. The maximum absolute atomic E-state index is 13.1. The molecule has 2 nitrogen and oxygen atoms in total. The van der Waals surface area contributed by atoms with Crippen molar-refractivity contribution in [1.82, 2.24) is 9.78 Å². The zero-order valence-electron chi connectivity index (χ0n) is 11.0. The van der Waals surface area contributed by atoms with Crippen molar-refractivity contribution in [2.45, 2.75) is 5.03 Å². The number of hydrogen-bond donors (Lipinski definition) is 0. The molecular formula is C16H13FN2S. The predicted molar refractivity (Wildman–Crippen MR) is 80.7 cm³/mol. The quantitative estimate of drug-likeness (QED) is 0.663. The van der Waals surface area contributed by atoms with Crippen LogP contribution in [-0.2, 0) is 0 Å². The molecule has 1 aromatic heterocycles. The summed E-state index contributed by atoms with van der Waals surface area (Å²) in [6.07, 6.45) is 1.99. The maximum Gasteiger partial charge on any atom is 0.123 e. The second-order valence-corrected chi connectivity index (χ2v) is 5.15. The van der Waals surface area contributed by atoms with Crippen molar-refractivity contribution in [3.63, 3.8) is 0 Å². The van der Waals surface area contributed by atoms with E-state index in [1.807, 2.05) is 47.3 Å². The Morgan fingerprint density at radius 1 is 1.00 bits per heavy atom. The minimum atomic E-state index is -0.243. The minimum Gasteiger partial charge on any atom is -0.232 e. The highest BCUT2D eigenvalue weighted by molar-refractivity contribution is 7.98. The van der Waals surface area contributed by atoms with Crippen molar-refractivity contribution in [3.05, 3.63) is 66.5 Å². The normalized spacial score (nSPS) is 10.7. The fourth-order valence-electron chi connectivity index (χ4n) is 2.05. The molecule has 0 bridgehead atoms. The van der Waals surface area contributed by atoms with Gasteiger partial charge in [-0.3, -0.25) is 0 Å². The molecule has 1 heterocycles. The van der Waals surface area contributed by atoms with Crippen molar-refractivity contribution < 1.29 is 4.39 Å². The average Bonchev–Trinajstić information content (AvgIpc) is 2.93. The van der Waals surface area contributed by atoms with Crippen LogP contribution in [0, 0.1) is 5.82 Å². The van der Waals surface area contributed by atoms with Gasteiger partial charge in [0.15, 0.2) is 0 Å². The van der Waals surface area contributed by atoms with Gasteiger partial charge in [-0.15, -0.1) is 11.8 Å². The highest BCUT2D eigenvalue weighted by Crippen LogP contribution is 2.27. The first-order chi connectivity index (χ1) is 9.78. The van der Waals surface area contributed by atoms with E-state index in [9.17, 15) is 4.39 Å². The number of nitrogens with zero attached hydrogens (tertiary/aromatic N) is 2. The first-order valence-corrected chi connectivity index (χ1v) is 7.46. The Bertz CT molecular complexity index is 705. The van der Waals surface area contributed by atoms with Gasteiger partial charge in [-0.05, 0) is 36.6 Å². The lowest BCUT2D eigenvalue weighted by Crippen LogP contribution is -1.99. The Hall–Kier alpha value is -2.07. The van der Waals surface area contributed by atoms with E-state index >= 15 is 0 Å². The molecule has 0 aliphatic rings. The van der Waals surface area contributed by atoms with Gasteiger partial charge >= 0.3 is 0 Å². The molecule has 0 saturated heterocycles. The predicted octanol–water partition coefficient (Wildman–Crippen LogP) is 4.40. The fraction of sp³-hybridized carbons (Fsp3) is 0.0625. The Kier molecular flexibility index (Phi) is 3.56.